The molecule has 0 aromatic heterocycles. The van der Waals surface area contributed by atoms with Gasteiger partial charge in [0.05, 0.1) is 22.2 Å². The normalized spacial score (nSPS) is 16.0. The van der Waals surface area contributed by atoms with Gasteiger partial charge in [0.1, 0.15) is 11.4 Å². The predicted molar refractivity (Wildman–Crippen MR) is 94.3 cm³/mol. The van der Waals surface area contributed by atoms with Crippen molar-refractivity contribution >= 4 is 34.5 Å². The molecular weight excluding hydrogens is 409 g/mol. The van der Waals surface area contributed by atoms with Gasteiger partial charge in [0.15, 0.2) is 0 Å². The van der Waals surface area contributed by atoms with Gasteiger partial charge in [-0.25, -0.2) is 4.79 Å². The van der Waals surface area contributed by atoms with Gasteiger partial charge in [-0.05, 0) is 54.6 Å². The van der Waals surface area contributed by atoms with E-state index in [1.807, 2.05) is 13.8 Å². The quantitative estimate of drug-likeness (QED) is 0.450. The number of halogens is 1. The van der Waals surface area contributed by atoms with E-state index in [0.29, 0.717) is 17.2 Å². The number of benzene rings is 1. The lowest BCUT2D eigenvalue weighted by molar-refractivity contribution is -0.665. The van der Waals surface area contributed by atoms with E-state index < -0.39 is 11.6 Å². The smallest absolute Gasteiger partial charge is 0.338 e. The number of hydrogen-bond donors (Lipinski definition) is 1. The van der Waals surface area contributed by atoms with Crippen LogP contribution in [0.2, 0.25) is 0 Å². The lowest BCUT2D eigenvalue weighted by Gasteiger charge is -2.35. The number of nitrogens with two attached hydrogens (primary N) is 1. The Bertz CT molecular complexity index is 594. The molecule has 2 rings (SSSR count). The van der Waals surface area contributed by atoms with Crippen molar-refractivity contribution in [3.8, 4) is 5.75 Å². The Labute approximate surface area is 150 Å². The van der Waals surface area contributed by atoms with Gasteiger partial charge in [0.2, 0.25) is 0 Å². The Morgan fingerprint density at radius 1 is 1.26 bits per heavy atom. The molecule has 126 valence electrons. The first-order valence-corrected chi connectivity index (χ1v) is 8.90. The van der Waals surface area contributed by atoms with Gasteiger partial charge in [-0.3, -0.25) is 4.79 Å². The molecule has 0 bridgehead atoms. The summed E-state index contributed by atoms with van der Waals surface area (Å²) in [7, 11) is 0. The zero-order valence-electron chi connectivity index (χ0n) is 13.7. The molecule has 5 nitrogen and oxygen atoms in total. The van der Waals surface area contributed by atoms with Crippen LogP contribution in [0.4, 0.5) is 0 Å². The Hall–Kier alpha value is -1.15. The van der Waals surface area contributed by atoms with E-state index in [9.17, 15) is 9.59 Å². The maximum Gasteiger partial charge on any atom is 0.338 e. The second-order valence-electron chi connectivity index (χ2n) is 6.37. The molecule has 0 unspecified atom stereocenters. The lowest BCUT2D eigenvalue weighted by Crippen LogP contribution is -2.86. The molecule has 0 aliphatic carbocycles. The fraction of sp³-hybridized carbons (Fsp3) is 0.529. The van der Waals surface area contributed by atoms with Crippen LogP contribution in [0.5, 0.6) is 5.75 Å². The van der Waals surface area contributed by atoms with Crippen molar-refractivity contribution < 1.29 is 24.4 Å². The van der Waals surface area contributed by atoms with Crippen LogP contribution in [0.25, 0.3) is 0 Å². The van der Waals surface area contributed by atoms with Gasteiger partial charge >= 0.3 is 11.9 Å². The van der Waals surface area contributed by atoms with Gasteiger partial charge < -0.3 is 14.8 Å². The number of piperidine rings is 1. The summed E-state index contributed by atoms with van der Waals surface area (Å²) >= 11 is 2.06. The Morgan fingerprint density at radius 3 is 2.52 bits per heavy atom. The maximum absolute atomic E-state index is 12.5. The molecule has 0 radical (unpaired) electrons. The third kappa shape index (κ3) is 4.91. The molecule has 0 saturated carbocycles. The number of ether oxygens (including phenoxy) is 2. The summed E-state index contributed by atoms with van der Waals surface area (Å²) in [6, 6.07) is 5.01. The standard InChI is InChI=1S/C17H22INO4/c1-11(20)22-15-10-12(4-5-14(15)18)16(21)23-17(2,3)13-6-8-19-9-7-13/h4-5,10,13,19H,6-9H2,1-3H3/p+1. The number of esters is 2. The molecule has 23 heavy (non-hydrogen) atoms. The van der Waals surface area contributed by atoms with Crippen LogP contribution in [0.1, 0.15) is 44.0 Å². The summed E-state index contributed by atoms with van der Waals surface area (Å²) in [5, 5.41) is 2.29. The highest BCUT2D eigenvalue weighted by Crippen LogP contribution is 2.30. The van der Waals surface area contributed by atoms with Crippen molar-refractivity contribution in [3.05, 3.63) is 27.3 Å². The van der Waals surface area contributed by atoms with Crippen molar-refractivity contribution in [2.75, 3.05) is 13.1 Å². The number of carbonyl (C=O) groups is 2. The number of carbonyl (C=O) groups excluding carboxylic acids is 2. The van der Waals surface area contributed by atoms with Crippen molar-refractivity contribution in [2.45, 2.75) is 39.2 Å². The van der Waals surface area contributed by atoms with Crippen LogP contribution in [0.15, 0.2) is 18.2 Å². The summed E-state index contributed by atoms with van der Waals surface area (Å²) < 4.78 is 11.7. The molecule has 1 saturated heterocycles. The second-order valence-corrected chi connectivity index (χ2v) is 7.53. The van der Waals surface area contributed by atoms with Crippen molar-refractivity contribution in [2.24, 2.45) is 5.92 Å². The van der Waals surface area contributed by atoms with E-state index in [-0.39, 0.29) is 5.97 Å². The molecule has 0 spiro atoms. The number of hydrogen-bond acceptors (Lipinski definition) is 4. The van der Waals surface area contributed by atoms with Crippen molar-refractivity contribution in [3.63, 3.8) is 0 Å². The fourth-order valence-electron chi connectivity index (χ4n) is 2.87. The minimum Gasteiger partial charge on any atom is -0.456 e. The van der Waals surface area contributed by atoms with E-state index in [4.69, 9.17) is 9.47 Å². The third-order valence-electron chi connectivity index (χ3n) is 4.20. The zero-order valence-corrected chi connectivity index (χ0v) is 15.9. The molecule has 1 aliphatic rings. The van der Waals surface area contributed by atoms with Crippen LogP contribution >= 0.6 is 22.6 Å². The van der Waals surface area contributed by atoms with Gasteiger partial charge in [-0.2, -0.15) is 0 Å². The molecule has 1 fully saturated rings. The van der Waals surface area contributed by atoms with Gasteiger partial charge in [0.25, 0.3) is 0 Å². The molecule has 1 aromatic rings. The van der Waals surface area contributed by atoms with E-state index in [1.165, 1.54) is 6.92 Å². The molecular formula is C17H23INO4+. The molecule has 0 atom stereocenters. The summed E-state index contributed by atoms with van der Waals surface area (Å²) in [6.07, 6.45) is 2.09. The summed E-state index contributed by atoms with van der Waals surface area (Å²) in [6.45, 7) is 7.43. The van der Waals surface area contributed by atoms with E-state index in [1.54, 1.807) is 18.2 Å². The Kier molecular flexibility index (Phi) is 6.02. The maximum atomic E-state index is 12.5. The van der Waals surface area contributed by atoms with Gasteiger partial charge in [-0.15, -0.1) is 0 Å². The second kappa shape index (κ2) is 7.61. The molecule has 1 aliphatic heterocycles. The van der Waals surface area contributed by atoms with E-state index in [0.717, 1.165) is 29.5 Å². The lowest BCUT2D eigenvalue weighted by atomic mass is 9.83. The first-order chi connectivity index (χ1) is 10.8. The van der Waals surface area contributed by atoms with Crippen molar-refractivity contribution in [1.29, 1.82) is 0 Å². The molecule has 0 amide bonds. The van der Waals surface area contributed by atoms with E-state index >= 15 is 0 Å². The van der Waals surface area contributed by atoms with Crippen LogP contribution in [-0.2, 0) is 9.53 Å². The van der Waals surface area contributed by atoms with Gasteiger partial charge in [-0.1, -0.05) is 0 Å². The zero-order chi connectivity index (χ0) is 17.0. The summed E-state index contributed by atoms with van der Waals surface area (Å²) in [5.41, 5.74) is -0.104. The summed E-state index contributed by atoms with van der Waals surface area (Å²) in [5.74, 6) is -0.0348. The van der Waals surface area contributed by atoms with Crippen LogP contribution in [-0.4, -0.2) is 30.6 Å². The minimum absolute atomic E-state index is 0.369. The Balaban J connectivity index is 2.11. The monoisotopic (exact) mass is 432 g/mol. The molecule has 2 N–H and O–H groups in total. The fourth-order valence-corrected chi connectivity index (χ4v) is 3.31. The summed E-state index contributed by atoms with van der Waals surface area (Å²) in [4.78, 5) is 23.6. The minimum atomic E-state index is -0.504. The average Bonchev–Trinajstić information content (AvgIpc) is 2.49. The molecule has 1 heterocycles. The van der Waals surface area contributed by atoms with Crippen LogP contribution in [0.3, 0.4) is 0 Å². The molecule has 6 heteroatoms. The highest BCUT2D eigenvalue weighted by molar-refractivity contribution is 14.1. The largest absolute Gasteiger partial charge is 0.456 e. The average molecular weight is 432 g/mol. The number of rotatable bonds is 4. The van der Waals surface area contributed by atoms with Crippen molar-refractivity contribution in [1.82, 2.24) is 0 Å². The van der Waals surface area contributed by atoms with Crippen LogP contribution < -0.4 is 10.1 Å². The highest BCUT2D eigenvalue weighted by Gasteiger charge is 2.35. The highest BCUT2D eigenvalue weighted by atomic mass is 127. The topological polar surface area (TPSA) is 69.2 Å². The van der Waals surface area contributed by atoms with Crippen LogP contribution in [0, 0.1) is 9.49 Å². The van der Waals surface area contributed by atoms with Gasteiger partial charge in [0, 0.05) is 25.7 Å². The molecule has 1 aromatic carbocycles. The predicted octanol–water partition coefficient (Wildman–Crippen LogP) is 2.13. The first kappa shape index (κ1) is 18.2. The Morgan fingerprint density at radius 2 is 1.91 bits per heavy atom. The third-order valence-corrected chi connectivity index (χ3v) is 5.09. The SMILES string of the molecule is CC(=O)Oc1cc(C(=O)OC(C)(C)C2CC[NH2+]CC2)ccc1I. The van der Waals surface area contributed by atoms with E-state index in [2.05, 4.69) is 27.9 Å². The first-order valence-electron chi connectivity index (χ1n) is 7.82. The number of quaternary nitrogens is 1.